The number of amides is 1. The summed E-state index contributed by atoms with van der Waals surface area (Å²) in [5.41, 5.74) is 4.36. The third-order valence-corrected chi connectivity index (χ3v) is 2.33. The van der Waals surface area contributed by atoms with Crippen molar-refractivity contribution in [2.75, 3.05) is 11.9 Å². The standard InChI is InChI=1S/C10H16N4O2/c1-3-10(2,16)6-12-8-5-4-7(9(11)15)13-14-8/h4-5,16H,3,6H2,1-2H3,(H2,11,15)(H,12,14). The molecule has 1 amide bonds. The number of rotatable bonds is 5. The molecule has 0 aliphatic heterocycles. The van der Waals surface area contributed by atoms with Gasteiger partial charge in [-0.3, -0.25) is 4.79 Å². The predicted molar refractivity (Wildman–Crippen MR) is 60.0 cm³/mol. The summed E-state index contributed by atoms with van der Waals surface area (Å²) >= 11 is 0. The Balaban J connectivity index is 2.59. The zero-order valence-corrected chi connectivity index (χ0v) is 9.40. The Labute approximate surface area is 93.9 Å². The number of nitrogens with zero attached hydrogens (tertiary/aromatic N) is 2. The fourth-order valence-electron chi connectivity index (χ4n) is 0.964. The van der Waals surface area contributed by atoms with E-state index in [1.165, 1.54) is 6.07 Å². The molecule has 0 spiro atoms. The number of hydrogen-bond donors (Lipinski definition) is 3. The maximum absolute atomic E-state index is 10.7. The Kier molecular flexibility index (Phi) is 3.78. The molecule has 4 N–H and O–H groups in total. The Morgan fingerprint density at radius 3 is 2.69 bits per heavy atom. The van der Waals surface area contributed by atoms with Gasteiger partial charge in [0.25, 0.3) is 5.91 Å². The minimum Gasteiger partial charge on any atom is -0.388 e. The molecule has 6 heteroatoms. The van der Waals surface area contributed by atoms with Crippen LogP contribution < -0.4 is 11.1 Å². The molecular weight excluding hydrogens is 208 g/mol. The molecule has 16 heavy (non-hydrogen) atoms. The SMILES string of the molecule is CCC(C)(O)CNc1ccc(C(N)=O)nn1. The smallest absolute Gasteiger partial charge is 0.269 e. The molecule has 1 atom stereocenters. The maximum atomic E-state index is 10.7. The lowest BCUT2D eigenvalue weighted by molar-refractivity contribution is 0.0696. The second-order valence-electron chi connectivity index (χ2n) is 3.87. The van der Waals surface area contributed by atoms with Gasteiger partial charge in [0.2, 0.25) is 0 Å². The van der Waals surface area contributed by atoms with Crippen LogP contribution >= 0.6 is 0 Å². The first-order valence-electron chi connectivity index (χ1n) is 5.04. The lowest BCUT2D eigenvalue weighted by Crippen LogP contribution is -2.32. The fraction of sp³-hybridized carbons (Fsp3) is 0.500. The zero-order chi connectivity index (χ0) is 12.2. The van der Waals surface area contributed by atoms with Crippen LogP contribution in [0.5, 0.6) is 0 Å². The molecule has 0 fully saturated rings. The molecule has 0 aromatic carbocycles. The topological polar surface area (TPSA) is 101 Å². The van der Waals surface area contributed by atoms with E-state index in [0.717, 1.165) is 0 Å². The minimum atomic E-state index is -0.788. The number of aromatic nitrogens is 2. The van der Waals surface area contributed by atoms with Gasteiger partial charge in [-0.15, -0.1) is 10.2 Å². The first-order chi connectivity index (χ1) is 7.44. The molecule has 1 unspecified atom stereocenters. The van der Waals surface area contributed by atoms with E-state index < -0.39 is 11.5 Å². The molecule has 1 rings (SSSR count). The summed E-state index contributed by atoms with van der Waals surface area (Å²) in [7, 11) is 0. The van der Waals surface area contributed by atoms with E-state index >= 15 is 0 Å². The summed E-state index contributed by atoms with van der Waals surface area (Å²) in [5, 5.41) is 20.1. The van der Waals surface area contributed by atoms with Crippen LogP contribution in [-0.2, 0) is 0 Å². The highest BCUT2D eigenvalue weighted by molar-refractivity contribution is 5.90. The molecule has 0 radical (unpaired) electrons. The third kappa shape index (κ3) is 3.47. The molecule has 0 saturated heterocycles. The van der Waals surface area contributed by atoms with E-state index in [1.54, 1.807) is 13.0 Å². The molecule has 0 aliphatic carbocycles. The molecule has 1 aromatic rings. The molecule has 1 heterocycles. The number of nitrogens with one attached hydrogen (secondary N) is 1. The van der Waals surface area contributed by atoms with Crippen molar-refractivity contribution in [3.63, 3.8) is 0 Å². The molecular formula is C10H16N4O2. The van der Waals surface area contributed by atoms with Gasteiger partial charge in [-0.1, -0.05) is 6.92 Å². The lowest BCUT2D eigenvalue weighted by atomic mass is 10.0. The Bertz CT molecular complexity index is 362. The first-order valence-corrected chi connectivity index (χ1v) is 5.04. The average molecular weight is 224 g/mol. The monoisotopic (exact) mass is 224 g/mol. The Morgan fingerprint density at radius 2 is 2.25 bits per heavy atom. The van der Waals surface area contributed by atoms with Crippen LogP contribution in [0, 0.1) is 0 Å². The van der Waals surface area contributed by atoms with E-state index in [2.05, 4.69) is 15.5 Å². The van der Waals surface area contributed by atoms with E-state index in [9.17, 15) is 9.90 Å². The molecule has 0 aliphatic rings. The van der Waals surface area contributed by atoms with Crippen molar-refractivity contribution in [2.45, 2.75) is 25.9 Å². The van der Waals surface area contributed by atoms with E-state index in [4.69, 9.17) is 5.73 Å². The quantitative estimate of drug-likeness (QED) is 0.660. The Morgan fingerprint density at radius 1 is 1.56 bits per heavy atom. The van der Waals surface area contributed by atoms with Crippen LogP contribution in [0.25, 0.3) is 0 Å². The zero-order valence-electron chi connectivity index (χ0n) is 9.40. The molecule has 88 valence electrons. The van der Waals surface area contributed by atoms with Gasteiger partial charge >= 0.3 is 0 Å². The summed E-state index contributed by atoms with van der Waals surface area (Å²) in [5.74, 6) is -0.113. The van der Waals surface area contributed by atoms with Gasteiger partial charge in [0.15, 0.2) is 5.69 Å². The highest BCUT2D eigenvalue weighted by Gasteiger charge is 2.17. The van der Waals surface area contributed by atoms with Crippen molar-refractivity contribution in [1.82, 2.24) is 10.2 Å². The van der Waals surface area contributed by atoms with Crippen molar-refractivity contribution in [1.29, 1.82) is 0 Å². The van der Waals surface area contributed by atoms with Crippen LogP contribution in [0.3, 0.4) is 0 Å². The van der Waals surface area contributed by atoms with Crippen molar-refractivity contribution in [3.8, 4) is 0 Å². The summed E-state index contributed by atoms with van der Waals surface area (Å²) in [6, 6.07) is 3.08. The van der Waals surface area contributed by atoms with Crippen molar-refractivity contribution < 1.29 is 9.90 Å². The minimum absolute atomic E-state index is 0.118. The highest BCUT2D eigenvalue weighted by atomic mass is 16.3. The number of carbonyl (C=O) groups is 1. The van der Waals surface area contributed by atoms with Gasteiger partial charge in [0.1, 0.15) is 5.82 Å². The number of primary amides is 1. The predicted octanol–water partition coefficient (Wildman–Crippen LogP) is 0.148. The van der Waals surface area contributed by atoms with Crippen molar-refractivity contribution in [3.05, 3.63) is 17.8 Å². The third-order valence-electron chi connectivity index (χ3n) is 2.33. The van der Waals surface area contributed by atoms with Gasteiger partial charge in [-0.25, -0.2) is 0 Å². The van der Waals surface area contributed by atoms with Crippen LogP contribution in [0.1, 0.15) is 30.8 Å². The van der Waals surface area contributed by atoms with E-state index in [-0.39, 0.29) is 5.69 Å². The number of hydrogen-bond acceptors (Lipinski definition) is 5. The number of anilines is 1. The van der Waals surface area contributed by atoms with Crippen molar-refractivity contribution in [2.24, 2.45) is 5.73 Å². The Hall–Kier alpha value is -1.69. The number of aliphatic hydroxyl groups is 1. The van der Waals surface area contributed by atoms with Crippen LogP contribution in [0.15, 0.2) is 12.1 Å². The molecule has 0 bridgehead atoms. The summed E-state index contributed by atoms with van der Waals surface area (Å²) in [6.07, 6.45) is 0.632. The van der Waals surface area contributed by atoms with Gasteiger partial charge in [-0.05, 0) is 25.5 Å². The van der Waals surface area contributed by atoms with Gasteiger partial charge in [0.05, 0.1) is 5.60 Å². The highest BCUT2D eigenvalue weighted by Crippen LogP contribution is 2.10. The van der Waals surface area contributed by atoms with Crippen LogP contribution in [0.2, 0.25) is 0 Å². The van der Waals surface area contributed by atoms with Crippen molar-refractivity contribution >= 4 is 11.7 Å². The average Bonchev–Trinajstić information content (AvgIpc) is 2.27. The van der Waals surface area contributed by atoms with Crippen LogP contribution in [-0.4, -0.2) is 33.4 Å². The van der Waals surface area contributed by atoms with E-state index in [0.29, 0.717) is 18.8 Å². The van der Waals surface area contributed by atoms with Crippen LogP contribution in [0.4, 0.5) is 5.82 Å². The second kappa shape index (κ2) is 4.89. The molecule has 6 nitrogen and oxygen atoms in total. The second-order valence-corrected chi connectivity index (χ2v) is 3.87. The lowest BCUT2D eigenvalue weighted by Gasteiger charge is -2.21. The van der Waals surface area contributed by atoms with Gasteiger partial charge in [0, 0.05) is 6.54 Å². The maximum Gasteiger partial charge on any atom is 0.269 e. The normalized spacial score (nSPS) is 14.2. The summed E-state index contributed by atoms with van der Waals surface area (Å²) in [6.45, 7) is 3.99. The van der Waals surface area contributed by atoms with Gasteiger partial charge < -0.3 is 16.2 Å². The number of carbonyl (C=O) groups excluding carboxylic acids is 1. The van der Waals surface area contributed by atoms with E-state index in [1.807, 2.05) is 6.92 Å². The first kappa shape index (κ1) is 12.4. The molecule has 0 saturated carbocycles. The summed E-state index contributed by atoms with van der Waals surface area (Å²) in [4.78, 5) is 10.7. The fourth-order valence-corrected chi connectivity index (χ4v) is 0.964. The largest absolute Gasteiger partial charge is 0.388 e. The number of nitrogens with two attached hydrogens (primary N) is 1. The molecule has 1 aromatic heterocycles. The van der Waals surface area contributed by atoms with Gasteiger partial charge in [-0.2, -0.15) is 0 Å². The summed E-state index contributed by atoms with van der Waals surface area (Å²) < 4.78 is 0.